The molecule has 4 rings (SSSR count). The molecule has 22 heavy (non-hydrogen) atoms. The van der Waals surface area contributed by atoms with Crippen molar-refractivity contribution in [3.63, 3.8) is 0 Å². The van der Waals surface area contributed by atoms with Gasteiger partial charge in [-0.3, -0.25) is 0 Å². The first-order valence-electron chi connectivity index (χ1n) is 7.39. The molecule has 0 bridgehead atoms. The van der Waals surface area contributed by atoms with Gasteiger partial charge >= 0.3 is 0 Å². The van der Waals surface area contributed by atoms with E-state index in [1.807, 2.05) is 30.3 Å². The van der Waals surface area contributed by atoms with Crippen molar-refractivity contribution in [1.29, 1.82) is 0 Å². The molecule has 0 radical (unpaired) electrons. The Labute approximate surface area is 127 Å². The average molecular weight is 295 g/mol. The number of benzene rings is 2. The summed E-state index contributed by atoms with van der Waals surface area (Å²) in [6.07, 6.45) is 3.70. The second-order valence-corrected chi connectivity index (χ2v) is 5.80. The van der Waals surface area contributed by atoms with Crippen LogP contribution in [0.2, 0.25) is 0 Å². The fraction of sp³-hybridized carbons (Fsp3) is 0.235. The lowest BCUT2D eigenvalue weighted by atomic mass is 9.91. The number of rotatable bonds is 3. The van der Waals surface area contributed by atoms with Crippen LogP contribution in [-0.4, -0.2) is 27.2 Å². The molecular weight excluding hydrogens is 278 g/mol. The Morgan fingerprint density at radius 3 is 2.55 bits per heavy atom. The van der Waals surface area contributed by atoms with Crippen molar-refractivity contribution in [3.8, 4) is 16.9 Å². The summed E-state index contributed by atoms with van der Waals surface area (Å²) >= 11 is 0. The van der Waals surface area contributed by atoms with Gasteiger partial charge in [0.15, 0.2) is 0 Å². The lowest BCUT2D eigenvalue weighted by Crippen LogP contribution is -2.46. The molecule has 5 nitrogen and oxygen atoms in total. The minimum Gasteiger partial charge on any atom is -0.508 e. The molecule has 0 aliphatic heterocycles. The fourth-order valence-corrected chi connectivity index (χ4v) is 2.75. The molecule has 1 fully saturated rings. The van der Waals surface area contributed by atoms with E-state index in [4.69, 9.17) is 10.6 Å². The normalized spacial score (nSPS) is 20.8. The highest BCUT2D eigenvalue weighted by Crippen LogP contribution is 2.26. The Kier molecular flexibility index (Phi) is 3.01. The zero-order valence-corrected chi connectivity index (χ0v) is 12.0. The van der Waals surface area contributed by atoms with Gasteiger partial charge in [0.25, 0.3) is 0 Å². The van der Waals surface area contributed by atoms with Gasteiger partial charge in [-0.1, -0.05) is 29.1 Å². The second kappa shape index (κ2) is 5.03. The molecule has 3 aromatic rings. The summed E-state index contributed by atoms with van der Waals surface area (Å²) < 4.78 is 0. The number of phenolic OH excluding ortho intramolecular Hbond substituents is 1. The third kappa shape index (κ3) is 2.29. The second-order valence-electron chi connectivity index (χ2n) is 5.80. The molecule has 0 amide bonds. The summed E-state index contributed by atoms with van der Waals surface area (Å²) in [7, 11) is 0. The maximum Gasteiger partial charge on any atom is 0.130 e. The number of hydrogen-bond donors (Lipinski definition) is 2. The zero-order chi connectivity index (χ0) is 15.1. The first kappa shape index (κ1) is 13.2. The molecule has 1 aromatic heterocycles. The molecule has 1 aliphatic carbocycles. The van der Waals surface area contributed by atoms with Crippen LogP contribution in [0.3, 0.4) is 0 Å². The van der Waals surface area contributed by atoms with Gasteiger partial charge in [-0.2, -0.15) is 0 Å². The number of hydrogen-bond acceptors (Lipinski definition) is 4. The highest BCUT2D eigenvalue weighted by molar-refractivity contribution is 5.84. The van der Waals surface area contributed by atoms with Crippen molar-refractivity contribution in [2.75, 3.05) is 0 Å². The van der Waals surface area contributed by atoms with Crippen molar-refractivity contribution < 1.29 is 9.94 Å². The molecule has 3 N–H and O–H groups in total. The number of nitrogens with two attached hydrogens (primary N) is 1. The maximum absolute atomic E-state index is 9.40. The summed E-state index contributed by atoms with van der Waals surface area (Å²) in [6, 6.07) is 13.5. The molecule has 0 saturated heterocycles. The molecule has 0 atom stereocenters. The monoisotopic (exact) mass is 295 g/mol. The van der Waals surface area contributed by atoms with E-state index in [2.05, 4.69) is 5.10 Å². The van der Waals surface area contributed by atoms with Crippen LogP contribution in [0.5, 0.6) is 5.75 Å². The van der Waals surface area contributed by atoms with Crippen LogP contribution in [0.1, 0.15) is 12.8 Å². The van der Waals surface area contributed by atoms with E-state index < -0.39 is 0 Å². The number of aromatic hydroxyl groups is 1. The maximum atomic E-state index is 9.40. The molecule has 0 unspecified atom stereocenters. The van der Waals surface area contributed by atoms with Crippen LogP contribution in [0.4, 0.5) is 0 Å². The zero-order valence-electron chi connectivity index (χ0n) is 12.0. The third-order valence-electron chi connectivity index (χ3n) is 4.12. The SMILES string of the molecule is NC1CC(On2ncc3ccc(-c4ccc(O)cc4)cc32)C1. The van der Waals surface area contributed by atoms with Crippen molar-refractivity contribution in [1.82, 2.24) is 9.94 Å². The van der Waals surface area contributed by atoms with E-state index in [9.17, 15) is 5.11 Å². The predicted octanol–water partition coefficient (Wildman–Crippen LogP) is 2.33. The van der Waals surface area contributed by atoms with Gasteiger partial charge < -0.3 is 15.7 Å². The molecular formula is C17H17N3O2. The lowest BCUT2D eigenvalue weighted by Gasteiger charge is -2.31. The van der Waals surface area contributed by atoms with Gasteiger partial charge in [0.1, 0.15) is 17.4 Å². The fourth-order valence-electron chi connectivity index (χ4n) is 2.75. The van der Waals surface area contributed by atoms with Crippen LogP contribution < -0.4 is 10.6 Å². The van der Waals surface area contributed by atoms with Gasteiger partial charge in [0.2, 0.25) is 0 Å². The summed E-state index contributed by atoms with van der Waals surface area (Å²) in [5, 5.41) is 14.7. The van der Waals surface area contributed by atoms with Gasteiger partial charge in [0, 0.05) is 24.3 Å². The number of fused-ring (bicyclic) bond motifs is 1. The first-order valence-corrected chi connectivity index (χ1v) is 7.39. The Balaban J connectivity index is 1.68. The van der Waals surface area contributed by atoms with Crippen molar-refractivity contribution in [3.05, 3.63) is 48.7 Å². The molecule has 1 aliphatic rings. The Morgan fingerprint density at radius 2 is 1.82 bits per heavy atom. The molecule has 1 heterocycles. The van der Waals surface area contributed by atoms with E-state index >= 15 is 0 Å². The van der Waals surface area contributed by atoms with Crippen LogP contribution in [0.15, 0.2) is 48.7 Å². The predicted molar refractivity (Wildman–Crippen MR) is 84.4 cm³/mol. The smallest absolute Gasteiger partial charge is 0.130 e. The molecule has 112 valence electrons. The highest BCUT2D eigenvalue weighted by Gasteiger charge is 2.28. The van der Waals surface area contributed by atoms with E-state index in [1.165, 1.54) is 0 Å². The van der Waals surface area contributed by atoms with Crippen LogP contribution in [0.25, 0.3) is 22.0 Å². The topological polar surface area (TPSA) is 73.3 Å². The van der Waals surface area contributed by atoms with E-state index in [1.54, 1.807) is 23.2 Å². The highest BCUT2D eigenvalue weighted by atomic mass is 16.7. The van der Waals surface area contributed by atoms with Gasteiger partial charge in [-0.15, -0.1) is 5.10 Å². The Bertz CT molecular complexity index is 804. The van der Waals surface area contributed by atoms with E-state index in [-0.39, 0.29) is 17.9 Å². The van der Waals surface area contributed by atoms with Gasteiger partial charge in [-0.25, -0.2) is 0 Å². The van der Waals surface area contributed by atoms with E-state index in [0.29, 0.717) is 0 Å². The summed E-state index contributed by atoms with van der Waals surface area (Å²) in [4.78, 5) is 7.46. The molecule has 2 aromatic carbocycles. The Hall–Kier alpha value is -2.53. The van der Waals surface area contributed by atoms with Gasteiger partial charge in [-0.05, 0) is 29.3 Å². The molecule has 1 saturated carbocycles. The lowest BCUT2D eigenvalue weighted by molar-refractivity contribution is -0.0292. The minimum absolute atomic E-state index is 0.149. The standard InChI is InChI=1S/C17H17N3O2/c18-14-8-16(9-14)22-20-17-7-12(1-2-13(17)10-19-20)11-3-5-15(21)6-4-11/h1-7,10,14,16,21H,8-9,18H2. The van der Waals surface area contributed by atoms with Crippen molar-refractivity contribution >= 4 is 10.9 Å². The van der Waals surface area contributed by atoms with E-state index in [0.717, 1.165) is 34.9 Å². The third-order valence-corrected chi connectivity index (χ3v) is 4.12. The van der Waals surface area contributed by atoms with Crippen LogP contribution in [-0.2, 0) is 0 Å². The number of phenols is 1. The summed E-state index contributed by atoms with van der Waals surface area (Å²) in [6.45, 7) is 0. The van der Waals surface area contributed by atoms with Crippen molar-refractivity contribution in [2.45, 2.75) is 25.0 Å². The minimum atomic E-state index is 0.149. The molecule has 0 spiro atoms. The quantitative estimate of drug-likeness (QED) is 0.778. The summed E-state index contributed by atoms with van der Waals surface area (Å²) in [5.41, 5.74) is 8.83. The largest absolute Gasteiger partial charge is 0.508 e. The number of aromatic nitrogens is 2. The van der Waals surface area contributed by atoms with Crippen LogP contribution >= 0.6 is 0 Å². The summed E-state index contributed by atoms with van der Waals surface area (Å²) in [5.74, 6) is 0.263. The average Bonchev–Trinajstić information content (AvgIpc) is 2.89. The van der Waals surface area contributed by atoms with Crippen molar-refractivity contribution in [2.24, 2.45) is 5.73 Å². The number of nitrogens with zero attached hydrogens (tertiary/aromatic N) is 2. The molecule has 5 heteroatoms. The first-order chi connectivity index (χ1) is 10.7. The Morgan fingerprint density at radius 1 is 1.09 bits per heavy atom. The van der Waals surface area contributed by atoms with Gasteiger partial charge in [0.05, 0.1) is 6.20 Å². The van der Waals surface area contributed by atoms with Crippen LogP contribution in [0, 0.1) is 0 Å².